The van der Waals surface area contributed by atoms with Crippen molar-refractivity contribution in [2.75, 3.05) is 7.05 Å². The highest BCUT2D eigenvalue weighted by atomic mass is 32.1. The normalized spacial score (nSPS) is 13.4. The molecule has 0 aromatic carbocycles. The Hall–Kier alpha value is -0.380. The van der Waals surface area contributed by atoms with Gasteiger partial charge in [-0.2, -0.15) is 0 Å². The van der Waals surface area contributed by atoms with Crippen LogP contribution < -0.4 is 5.32 Å². The van der Waals surface area contributed by atoms with E-state index in [0.717, 1.165) is 13.2 Å². The number of nitrogens with one attached hydrogen (secondary N) is 1. The van der Waals surface area contributed by atoms with Crippen molar-refractivity contribution >= 4 is 11.3 Å². The maximum absolute atomic E-state index is 5.85. The molecule has 3 heteroatoms. The first kappa shape index (κ1) is 13.7. The fourth-order valence-electron chi connectivity index (χ4n) is 1.41. The molecule has 1 atom stereocenters. The Kier molecular flexibility index (Phi) is 5.46. The minimum atomic E-state index is 0.326. The monoisotopic (exact) mass is 241 g/mol. The van der Waals surface area contributed by atoms with Crippen molar-refractivity contribution in [2.24, 2.45) is 5.92 Å². The predicted octanol–water partition coefficient (Wildman–Crippen LogP) is 3.34. The number of rotatable bonds is 6. The Balaban J connectivity index is 2.53. The number of aryl methyl sites for hydroxylation is 1. The summed E-state index contributed by atoms with van der Waals surface area (Å²) in [7, 11) is 1.98. The lowest BCUT2D eigenvalue weighted by Crippen LogP contribution is -2.15. The highest BCUT2D eigenvalue weighted by Crippen LogP contribution is 2.23. The summed E-state index contributed by atoms with van der Waals surface area (Å²) in [6.45, 7) is 10.4. The highest BCUT2D eigenvalue weighted by Gasteiger charge is 2.10. The van der Waals surface area contributed by atoms with Crippen LogP contribution in [0, 0.1) is 12.8 Å². The molecule has 16 heavy (non-hydrogen) atoms. The van der Waals surface area contributed by atoms with Gasteiger partial charge in [-0.05, 0) is 38.4 Å². The van der Waals surface area contributed by atoms with Gasteiger partial charge in [-0.3, -0.25) is 0 Å². The SMILES string of the molecule is CNCc1cc(COC(C)C(C)C)c(C)s1. The van der Waals surface area contributed by atoms with Crippen molar-refractivity contribution in [3.63, 3.8) is 0 Å². The van der Waals surface area contributed by atoms with Gasteiger partial charge in [-0.15, -0.1) is 11.3 Å². The quantitative estimate of drug-likeness (QED) is 0.825. The van der Waals surface area contributed by atoms with Gasteiger partial charge in [-0.25, -0.2) is 0 Å². The van der Waals surface area contributed by atoms with Crippen molar-refractivity contribution in [2.45, 2.75) is 47.0 Å². The highest BCUT2D eigenvalue weighted by molar-refractivity contribution is 7.12. The molecule has 0 bridgehead atoms. The molecule has 0 amide bonds. The van der Waals surface area contributed by atoms with E-state index in [1.807, 2.05) is 18.4 Å². The van der Waals surface area contributed by atoms with E-state index in [-0.39, 0.29) is 0 Å². The van der Waals surface area contributed by atoms with E-state index in [1.54, 1.807) is 0 Å². The topological polar surface area (TPSA) is 21.3 Å². The van der Waals surface area contributed by atoms with Crippen LogP contribution in [0.3, 0.4) is 0 Å². The average Bonchev–Trinajstić information content (AvgIpc) is 2.56. The number of hydrogen-bond acceptors (Lipinski definition) is 3. The molecule has 0 aliphatic carbocycles. The van der Waals surface area contributed by atoms with Gasteiger partial charge in [0.05, 0.1) is 12.7 Å². The molecular weight excluding hydrogens is 218 g/mol. The maximum Gasteiger partial charge on any atom is 0.0731 e. The fraction of sp³-hybridized carbons (Fsp3) is 0.692. The van der Waals surface area contributed by atoms with Gasteiger partial charge in [0, 0.05) is 16.3 Å². The van der Waals surface area contributed by atoms with Gasteiger partial charge in [0.1, 0.15) is 0 Å². The third-order valence-corrected chi connectivity index (χ3v) is 3.96. The van der Waals surface area contributed by atoms with Crippen molar-refractivity contribution < 1.29 is 4.74 Å². The van der Waals surface area contributed by atoms with Crippen LogP contribution in [0.15, 0.2) is 6.07 Å². The van der Waals surface area contributed by atoms with E-state index in [9.17, 15) is 0 Å². The maximum atomic E-state index is 5.85. The average molecular weight is 241 g/mol. The molecule has 2 nitrogen and oxygen atoms in total. The summed E-state index contributed by atoms with van der Waals surface area (Å²) in [5, 5.41) is 3.18. The molecule has 0 spiro atoms. The second-order valence-electron chi connectivity index (χ2n) is 4.58. The molecule has 1 unspecified atom stereocenters. The van der Waals surface area contributed by atoms with Gasteiger partial charge < -0.3 is 10.1 Å². The minimum absolute atomic E-state index is 0.326. The summed E-state index contributed by atoms with van der Waals surface area (Å²) in [6.07, 6.45) is 0.326. The number of hydrogen-bond donors (Lipinski definition) is 1. The lowest BCUT2D eigenvalue weighted by Gasteiger charge is -2.16. The standard InChI is InChI=1S/C13H23NOS/c1-9(2)10(3)15-8-12-6-13(7-14-5)16-11(12)4/h6,9-10,14H,7-8H2,1-5H3. The van der Waals surface area contributed by atoms with Crippen molar-refractivity contribution in [3.05, 3.63) is 21.4 Å². The molecule has 0 aliphatic heterocycles. The first-order valence-corrected chi connectivity index (χ1v) is 6.70. The summed E-state index contributed by atoms with van der Waals surface area (Å²) in [4.78, 5) is 2.76. The first-order valence-electron chi connectivity index (χ1n) is 5.89. The van der Waals surface area contributed by atoms with E-state index >= 15 is 0 Å². The van der Waals surface area contributed by atoms with Gasteiger partial charge in [0.25, 0.3) is 0 Å². The Labute approximate surface area is 103 Å². The van der Waals surface area contributed by atoms with Crippen LogP contribution >= 0.6 is 11.3 Å². The molecule has 0 aliphatic rings. The lowest BCUT2D eigenvalue weighted by molar-refractivity contribution is 0.0234. The molecule has 0 saturated carbocycles. The predicted molar refractivity (Wildman–Crippen MR) is 70.9 cm³/mol. The molecule has 1 rings (SSSR count). The van der Waals surface area contributed by atoms with Crippen molar-refractivity contribution in [1.29, 1.82) is 0 Å². The van der Waals surface area contributed by atoms with E-state index in [0.29, 0.717) is 12.0 Å². The zero-order valence-corrected chi connectivity index (χ0v) is 11.8. The van der Waals surface area contributed by atoms with E-state index in [1.165, 1.54) is 15.3 Å². The summed E-state index contributed by atoms with van der Waals surface area (Å²) in [5.74, 6) is 0.579. The molecule has 0 radical (unpaired) electrons. The smallest absolute Gasteiger partial charge is 0.0731 e. The van der Waals surface area contributed by atoms with Crippen LogP contribution in [-0.4, -0.2) is 13.2 Å². The van der Waals surface area contributed by atoms with Crippen LogP contribution in [-0.2, 0) is 17.9 Å². The third-order valence-electron chi connectivity index (χ3n) is 2.86. The zero-order valence-electron chi connectivity index (χ0n) is 11.0. The van der Waals surface area contributed by atoms with Crippen LogP contribution in [0.2, 0.25) is 0 Å². The number of thiophene rings is 1. The fourth-order valence-corrected chi connectivity index (χ4v) is 2.47. The van der Waals surface area contributed by atoms with E-state index < -0.39 is 0 Å². The summed E-state index contributed by atoms with van der Waals surface area (Å²) < 4.78 is 5.85. The van der Waals surface area contributed by atoms with Crippen LogP contribution in [0.4, 0.5) is 0 Å². The molecular formula is C13H23NOS. The largest absolute Gasteiger partial charge is 0.374 e. The van der Waals surface area contributed by atoms with Crippen LogP contribution in [0.25, 0.3) is 0 Å². The third kappa shape index (κ3) is 3.89. The van der Waals surface area contributed by atoms with Crippen molar-refractivity contribution in [3.8, 4) is 0 Å². The van der Waals surface area contributed by atoms with Crippen LogP contribution in [0.5, 0.6) is 0 Å². The van der Waals surface area contributed by atoms with Gasteiger partial charge in [-0.1, -0.05) is 13.8 Å². The van der Waals surface area contributed by atoms with Crippen molar-refractivity contribution in [1.82, 2.24) is 5.32 Å². The number of ether oxygens (including phenoxy) is 1. The zero-order chi connectivity index (χ0) is 12.1. The summed E-state index contributed by atoms with van der Waals surface area (Å²) >= 11 is 1.86. The molecule has 0 saturated heterocycles. The molecule has 1 heterocycles. The summed E-state index contributed by atoms with van der Waals surface area (Å²) in [5.41, 5.74) is 1.34. The molecule has 1 N–H and O–H groups in total. The second-order valence-corrected chi connectivity index (χ2v) is 5.93. The van der Waals surface area contributed by atoms with E-state index in [2.05, 4.69) is 39.1 Å². The van der Waals surface area contributed by atoms with Gasteiger partial charge >= 0.3 is 0 Å². The molecule has 1 aromatic rings. The molecule has 0 fully saturated rings. The second kappa shape index (κ2) is 6.38. The van der Waals surface area contributed by atoms with Crippen LogP contribution in [0.1, 0.15) is 36.1 Å². The Morgan fingerprint density at radius 2 is 2.06 bits per heavy atom. The van der Waals surface area contributed by atoms with Gasteiger partial charge in [0.2, 0.25) is 0 Å². The lowest BCUT2D eigenvalue weighted by atomic mass is 10.1. The Morgan fingerprint density at radius 3 is 2.62 bits per heavy atom. The Bertz CT molecular complexity index is 320. The summed E-state index contributed by atoms with van der Waals surface area (Å²) in [6, 6.07) is 2.25. The van der Waals surface area contributed by atoms with E-state index in [4.69, 9.17) is 4.74 Å². The molecule has 1 aromatic heterocycles. The minimum Gasteiger partial charge on any atom is -0.374 e. The van der Waals surface area contributed by atoms with Gasteiger partial charge in [0.15, 0.2) is 0 Å². The molecule has 92 valence electrons. The Morgan fingerprint density at radius 1 is 1.38 bits per heavy atom. The first-order chi connectivity index (χ1) is 7.54.